The Bertz CT molecular complexity index is 1420. The first kappa shape index (κ1) is 21.7. The largest absolute Gasteiger partial charge is 0.366 e. The number of rotatable bonds is 5. The lowest BCUT2D eigenvalue weighted by Gasteiger charge is -2.27. The van der Waals surface area contributed by atoms with Gasteiger partial charge in [0.05, 0.1) is 28.2 Å². The van der Waals surface area contributed by atoms with Gasteiger partial charge in [0.2, 0.25) is 0 Å². The lowest BCUT2D eigenvalue weighted by atomic mass is 9.97. The fraction of sp³-hybridized carbons (Fsp3) is 0.111. The van der Waals surface area contributed by atoms with Crippen LogP contribution >= 0.6 is 11.6 Å². The van der Waals surface area contributed by atoms with Gasteiger partial charge in [-0.3, -0.25) is 0 Å². The SMILES string of the molecule is CN1c2c([nH]c(-c3ccnc(NCc4ccccc4)c3)c2-c2ccc(F)c(Cl)c2)C=CC1C#N. The molecule has 5 rings (SSSR count). The maximum absolute atomic E-state index is 14.0. The average molecular weight is 470 g/mol. The molecule has 0 saturated carbocycles. The third kappa shape index (κ3) is 4.02. The molecule has 1 atom stereocenters. The Hall–Kier alpha value is -4.08. The summed E-state index contributed by atoms with van der Waals surface area (Å²) in [7, 11) is 1.88. The number of likely N-dealkylation sites (N-methyl/N-ethyl adjacent to an activating group) is 1. The number of aromatic amines is 1. The van der Waals surface area contributed by atoms with Crippen molar-refractivity contribution in [1.29, 1.82) is 5.26 Å². The molecule has 2 aromatic carbocycles. The van der Waals surface area contributed by atoms with E-state index >= 15 is 0 Å². The fourth-order valence-corrected chi connectivity index (χ4v) is 4.38. The molecule has 0 spiro atoms. The number of H-pyrrole nitrogens is 1. The summed E-state index contributed by atoms with van der Waals surface area (Å²) >= 11 is 6.14. The van der Waals surface area contributed by atoms with Crippen LogP contribution in [0.5, 0.6) is 0 Å². The minimum atomic E-state index is -0.476. The second kappa shape index (κ2) is 9.05. The molecule has 0 bridgehead atoms. The second-order valence-electron chi connectivity index (χ2n) is 8.08. The van der Waals surface area contributed by atoms with Crippen molar-refractivity contribution in [1.82, 2.24) is 9.97 Å². The molecule has 2 N–H and O–H groups in total. The minimum Gasteiger partial charge on any atom is -0.366 e. The highest BCUT2D eigenvalue weighted by Crippen LogP contribution is 2.45. The molecule has 1 aliphatic rings. The maximum atomic E-state index is 14.0. The summed E-state index contributed by atoms with van der Waals surface area (Å²) in [6.07, 6.45) is 5.52. The summed E-state index contributed by atoms with van der Waals surface area (Å²) in [5, 5.41) is 13.0. The predicted octanol–water partition coefficient (Wildman–Crippen LogP) is 6.50. The standard InChI is InChI=1S/C27H21ClFN5/c1-34-20(15-30)8-10-23-27(34)25(18-7-9-22(29)21(28)13-18)26(33-23)19-11-12-31-24(14-19)32-16-17-5-3-2-4-6-17/h2-14,20,33H,16H2,1H3,(H,31,32). The summed E-state index contributed by atoms with van der Waals surface area (Å²) in [5.41, 5.74) is 6.24. The molecule has 4 aromatic rings. The first-order valence-corrected chi connectivity index (χ1v) is 11.2. The maximum Gasteiger partial charge on any atom is 0.141 e. The zero-order chi connectivity index (χ0) is 23.7. The summed E-state index contributed by atoms with van der Waals surface area (Å²) < 4.78 is 14.0. The highest BCUT2D eigenvalue weighted by molar-refractivity contribution is 6.31. The van der Waals surface area contributed by atoms with Gasteiger partial charge in [-0.25, -0.2) is 9.37 Å². The zero-order valence-corrected chi connectivity index (χ0v) is 19.1. The van der Waals surface area contributed by atoms with Crippen molar-refractivity contribution in [3.05, 3.63) is 95.0 Å². The van der Waals surface area contributed by atoms with E-state index in [0.717, 1.165) is 45.1 Å². The Morgan fingerprint density at radius 3 is 2.74 bits per heavy atom. The number of pyridine rings is 1. The summed E-state index contributed by atoms with van der Waals surface area (Å²) in [6, 6.07) is 20.6. The van der Waals surface area contributed by atoms with E-state index in [4.69, 9.17) is 11.6 Å². The van der Waals surface area contributed by atoms with Crippen molar-refractivity contribution < 1.29 is 4.39 Å². The van der Waals surface area contributed by atoms with E-state index in [2.05, 4.69) is 33.5 Å². The van der Waals surface area contributed by atoms with Gasteiger partial charge in [0.25, 0.3) is 0 Å². The monoisotopic (exact) mass is 469 g/mol. The van der Waals surface area contributed by atoms with Crippen LogP contribution in [0.25, 0.3) is 28.5 Å². The van der Waals surface area contributed by atoms with E-state index in [0.29, 0.717) is 6.54 Å². The van der Waals surface area contributed by atoms with Crippen LogP contribution in [0.3, 0.4) is 0 Å². The quantitative estimate of drug-likeness (QED) is 0.350. The summed E-state index contributed by atoms with van der Waals surface area (Å²) in [6.45, 7) is 0.647. The molecule has 2 aromatic heterocycles. The van der Waals surface area contributed by atoms with Crippen molar-refractivity contribution in [3.63, 3.8) is 0 Å². The van der Waals surface area contributed by atoms with Gasteiger partial charge in [-0.1, -0.05) is 48.0 Å². The average Bonchev–Trinajstić information content (AvgIpc) is 3.26. The Kier molecular flexibility index (Phi) is 5.79. The van der Waals surface area contributed by atoms with Crippen LogP contribution in [0.15, 0.2) is 72.9 Å². The normalized spacial score (nSPS) is 14.5. The van der Waals surface area contributed by atoms with Crippen molar-refractivity contribution in [3.8, 4) is 28.5 Å². The Morgan fingerprint density at radius 2 is 1.97 bits per heavy atom. The lowest BCUT2D eigenvalue weighted by Crippen LogP contribution is -2.30. The molecule has 1 unspecified atom stereocenters. The number of nitriles is 1. The van der Waals surface area contributed by atoms with Crippen molar-refractivity contribution >= 4 is 29.2 Å². The van der Waals surface area contributed by atoms with Crippen LogP contribution in [0, 0.1) is 17.1 Å². The number of aromatic nitrogens is 2. The zero-order valence-electron chi connectivity index (χ0n) is 18.4. The van der Waals surface area contributed by atoms with Crippen LogP contribution in [0.1, 0.15) is 11.3 Å². The highest BCUT2D eigenvalue weighted by Gasteiger charge is 2.28. The third-order valence-electron chi connectivity index (χ3n) is 5.92. The minimum absolute atomic E-state index is 0.0455. The summed E-state index contributed by atoms with van der Waals surface area (Å²) in [5.74, 6) is 0.256. The molecule has 0 amide bonds. The van der Waals surface area contributed by atoms with Gasteiger partial charge < -0.3 is 15.2 Å². The fourth-order valence-electron chi connectivity index (χ4n) is 4.20. The molecule has 0 fully saturated rings. The van der Waals surface area contributed by atoms with E-state index < -0.39 is 11.9 Å². The van der Waals surface area contributed by atoms with Crippen molar-refractivity contribution in [2.45, 2.75) is 12.6 Å². The van der Waals surface area contributed by atoms with Crippen LogP contribution in [0.4, 0.5) is 15.9 Å². The van der Waals surface area contributed by atoms with E-state index in [9.17, 15) is 9.65 Å². The van der Waals surface area contributed by atoms with Gasteiger partial charge in [-0.05, 0) is 47.5 Å². The van der Waals surface area contributed by atoms with E-state index in [1.54, 1.807) is 18.3 Å². The van der Waals surface area contributed by atoms with Gasteiger partial charge in [-0.2, -0.15) is 5.26 Å². The van der Waals surface area contributed by atoms with E-state index in [-0.39, 0.29) is 5.02 Å². The molecule has 168 valence electrons. The molecule has 7 heteroatoms. The van der Waals surface area contributed by atoms with E-state index in [1.165, 1.54) is 6.07 Å². The first-order valence-electron chi connectivity index (χ1n) is 10.8. The Balaban J connectivity index is 1.60. The van der Waals surface area contributed by atoms with Crippen molar-refractivity contribution in [2.24, 2.45) is 0 Å². The highest BCUT2D eigenvalue weighted by atomic mass is 35.5. The number of benzene rings is 2. The van der Waals surface area contributed by atoms with Crippen LogP contribution in [0.2, 0.25) is 5.02 Å². The van der Waals surface area contributed by atoms with Gasteiger partial charge in [0.1, 0.15) is 17.7 Å². The van der Waals surface area contributed by atoms with Crippen LogP contribution in [-0.2, 0) is 6.54 Å². The molecule has 1 aliphatic heterocycles. The molecule has 0 saturated heterocycles. The molecule has 5 nitrogen and oxygen atoms in total. The number of hydrogen-bond donors (Lipinski definition) is 2. The van der Waals surface area contributed by atoms with Gasteiger partial charge in [-0.15, -0.1) is 0 Å². The van der Waals surface area contributed by atoms with Crippen LogP contribution in [-0.4, -0.2) is 23.1 Å². The molecule has 0 aliphatic carbocycles. The third-order valence-corrected chi connectivity index (χ3v) is 6.21. The Morgan fingerprint density at radius 1 is 1.15 bits per heavy atom. The van der Waals surface area contributed by atoms with E-state index in [1.807, 2.05) is 54.4 Å². The number of fused-ring (bicyclic) bond motifs is 1. The molecule has 34 heavy (non-hydrogen) atoms. The molecular formula is C27H21ClFN5. The van der Waals surface area contributed by atoms with Crippen LogP contribution < -0.4 is 10.2 Å². The smallest absolute Gasteiger partial charge is 0.141 e. The molecule has 0 radical (unpaired) electrons. The first-order chi connectivity index (χ1) is 16.5. The second-order valence-corrected chi connectivity index (χ2v) is 8.49. The summed E-state index contributed by atoms with van der Waals surface area (Å²) in [4.78, 5) is 9.88. The molecular weight excluding hydrogens is 449 g/mol. The number of nitrogens with zero attached hydrogens (tertiary/aromatic N) is 3. The molecule has 3 heterocycles. The Labute approximate surface area is 202 Å². The number of anilines is 2. The number of hydrogen-bond acceptors (Lipinski definition) is 4. The van der Waals surface area contributed by atoms with Crippen molar-refractivity contribution in [2.75, 3.05) is 17.3 Å². The van der Waals surface area contributed by atoms with Gasteiger partial charge in [0, 0.05) is 30.9 Å². The lowest BCUT2D eigenvalue weighted by molar-refractivity contribution is 0.628. The van der Waals surface area contributed by atoms with Gasteiger partial charge in [0.15, 0.2) is 0 Å². The predicted molar refractivity (Wildman–Crippen MR) is 135 cm³/mol. The van der Waals surface area contributed by atoms with Gasteiger partial charge >= 0.3 is 0 Å². The topological polar surface area (TPSA) is 67.7 Å². The number of nitrogens with one attached hydrogen (secondary N) is 2. The number of halogens is 2.